The van der Waals surface area contributed by atoms with Crippen molar-refractivity contribution in [3.63, 3.8) is 0 Å². The quantitative estimate of drug-likeness (QED) is 0.843. The van der Waals surface area contributed by atoms with Gasteiger partial charge in [-0.1, -0.05) is 43.3 Å². The zero-order valence-electron chi connectivity index (χ0n) is 13.6. The Morgan fingerprint density at radius 2 is 1.55 bits per heavy atom. The highest BCUT2D eigenvalue weighted by Crippen LogP contribution is 2.21. The Labute approximate surface area is 133 Å². The largest absolute Gasteiger partial charge is 0.243 e. The average Bonchev–Trinajstić information content (AvgIpc) is 2.50. The van der Waals surface area contributed by atoms with E-state index in [1.165, 1.54) is 9.87 Å². The Kier molecular flexibility index (Phi) is 5.04. The van der Waals surface area contributed by atoms with E-state index in [0.717, 1.165) is 23.1 Å². The minimum atomic E-state index is -3.47. The first-order valence-electron chi connectivity index (χ1n) is 7.46. The molecule has 0 bridgehead atoms. The van der Waals surface area contributed by atoms with Crippen molar-refractivity contribution in [2.75, 3.05) is 7.05 Å². The summed E-state index contributed by atoms with van der Waals surface area (Å²) in [5.74, 6) is 0. The summed E-state index contributed by atoms with van der Waals surface area (Å²) in [6, 6.07) is 13.6. The second kappa shape index (κ2) is 6.63. The molecule has 0 spiro atoms. The van der Waals surface area contributed by atoms with Crippen molar-refractivity contribution in [2.24, 2.45) is 0 Å². The van der Waals surface area contributed by atoms with Crippen LogP contribution in [0.1, 0.15) is 29.2 Å². The molecule has 0 atom stereocenters. The van der Waals surface area contributed by atoms with Gasteiger partial charge in [0.05, 0.1) is 4.90 Å². The molecule has 0 fully saturated rings. The number of benzene rings is 2. The second-order valence-electron chi connectivity index (χ2n) is 5.70. The molecule has 0 N–H and O–H groups in total. The van der Waals surface area contributed by atoms with Crippen molar-refractivity contribution in [2.45, 2.75) is 38.6 Å². The molecule has 2 aromatic carbocycles. The Morgan fingerprint density at radius 3 is 2.14 bits per heavy atom. The summed E-state index contributed by atoms with van der Waals surface area (Å²) >= 11 is 0. The second-order valence-corrected chi connectivity index (χ2v) is 7.71. The van der Waals surface area contributed by atoms with E-state index >= 15 is 0 Å². The van der Waals surface area contributed by atoms with Crippen LogP contribution in [0.15, 0.2) is 47.4 Å². The molecule has 4 heteroatoms. The summed E-state index contributed by atoms with van der Waals surface area (Å²) in [6.07, 6.45) is 0.983. The smallest absolute Gasteiger partial charge is 0.207 e. The predicted octanol–water partition coefficient (Wildman–Crippen LogP) is 3.69. The number of rotatable bonds is 5. The molecule has 118 valence electrons. The molecule has 0 saturated heterocycles. The van der Waals surface area contributed by atoms with Gasteiger partial charge in [-0.3, -0.25) is 0 Å². The summed E-state index contributed by atoms with van der Waals surface area (Å²) in [6.45, 7) is 6.21. The Balaban J connectivity index is 2.26. The van der Waals surface area contributed by atoms with Crippen molar-refractivity contribution in [3.8, 4) is 0 Å². The van der Waals surface area contributed by atoms with Crippen LogP contribution in [0.3, 0.4) is 0 Å². The molecule has 0 aliphatic heterocycles. The van der Waals surface area contributed by atoms with Gasteiger partial charge in [0.15, 0.2) is 0 Å². The van der Waals surface area contributed by atoms with Crippen LogP contribution < -0.4 is 0 Å². The number of aryl methyl sites for hydroxylation is 3. The minimum absolute atomic E-state index is 0.375. The fraction of sp³-hybridized carbons (Fsp3) is 0.333. The molecule has 22 heavy (non-hydrogen) atoms. The monoisotopic (exact) mass is 317 g/mol. The topological polar surface area (TPSA) is 37.4 Å². The lowest BCUT2D eigenvalue weighted by Crippen LogP contribution is -2.27. The molecule has 0 aliphatic rings. The van der Waals surface area contributed by atoms with Gasteiger partial charge in [-0.2, -0.15) is 4.31 Å². The summed E-state index contributed by atoms with van der Waals surface area (Å²) in [4.78, 5) is 0.389. The molecule has 2 rings (SSSR count). The Bertz CT molecular complexity index is 749. The van der Waals surface area contributed by atoms with Gasteiger partial charge in [0, 0.05) is 13.6 Å². The zero-order valence-corrected chi connectivity index (χ0v) is 14.4. The van der Waals surface area contributed by atoms with Gasteiger partial charge in [0.2, 0.25) is 10.0 Å². The highest BCUT2D eigenvalue weighted by atomic mass is 32.2. The van der Waals surface area contributed by atoms with Crippen molar-refractivity contribution in [3.05, 3.63) is 64.7 Å². The third-order valence-corrected chi connectivity index (χ3v) is 5.81. The van der Waals surface area contributed by atoms with Crippen LogP contribution in [-0.2, 0) is 23.0 Å². The first-order valence-corrected chi connectivity index (χ1v) is 8.90. The lowest BCUT2D eigenvalue weighted by atomic mass is 10.1. The third-order valence-electron chi connectivity index (χ3n) is 3.87. The number of sulfonamides is 1. The zero-order chi connectivity index (χ0) is 16.3. The SMILES string of the molecule is CCc1ccc(CN(C)S(=O)(=O)c2cc(C)ccc2C)cc1. The predicted molar refractivity (Wildman–Crippen MR) is 90.4 cm³/mol. The van der Waals surface area contributed by atoms with Gasteiger partial charge in [-0.05, 0) is 48.6 Å². The van der Waals surface area contributed by atoms with E-state index in [0.29, 0.717) is 11.4 Å². The lowest BCUT2D eigenvalue weighted by molar-refractivity contribution is 0.466. The summed E-state index contributed by atoms with van der Waals surface area (Å²) in [5, 5.41) is 0. The molecule has 2 aromatic rings. The number of hydrogen-bond donors (Lipinski definition) is 0. The molecule has 0 saturated carbocycles. The van der Waals surface area contributed by atoms with Gasteiger partial charge >= 0.3 is 0 Å². The van der Waals surface area contributed by atoms with Crippen LogP contribution in [0.2, 0.25) is 0 Å². The van der Waals surface area contributed by atoms with E-state index in [1.54, 1.807) is 13.1 Å². The van der Waals surface area contributed by atoms with Gasteiger partial charge in [-0.25, -0.2) is 8.42 Å². The number of nitrogens with zero attached hydrogens (tertiary/aromatic N) is 1. The first kappa shape index (κ1) is 16.7. The Hall–Kier alpha value is -1.65. The standard InChI is InChI=1S/C18H23NO2S/c1-5-16-8-10-17(11-9-16)13-19(4)22(20,21)18-12-14(2)6-7-15(18)3/h6-12H,5,13H2,1-4H3. The van der Waals surface area contributed by atoms with Crippen molar-refractivity contribution in [1.82, 2.24) is 4.31 Å². The van der Waals surface area contributed by atoms with E-state index in [2.05, 4.69) is 6.92 Å². The van der Waals surface area contributed by atoms with Crippen LogP contribution in [-0.4, -0.2) is 19.8 Å². The van der Waals surface area contributed by atoms with Crippen LogP contribution >= 0.6 is 0 Å². The maximum absolute atomic E-state index is 12.8. The minimum Gasteiger partial charge on any atom is -0.207 e. The van der Waals surface area contributed by atoms with Crippen LogP contribution in [0.25, 0.3) is 0 Å². The van der Waals surface area contributed by atoms with Crippen LogP contribution in [0.4, 0.5) is 0 Å². The van der Waals surface area contributed by atoms with Gasteiger partial charge < -0.3 is 0 Å². The fourth-order valence-electron chi connectivity index (χ4n) is 2.38. The highest BCUT2D eigenvalue weighted by Gasteiger charge is 2.22. The fourth-order valence-corrected chi connectivity index (χ4v) is 3.84. The normalized spacial score (nSPS) is 11.9. The van der Waals surface area contributed by atoms with Crippen molar-refractivity contribution < 1.29 is 8.42 Å². The maximum atomic E-state index is 12.8. The van der Waals surface area contributed by atoms with E-state index < -0.39 is 10.0 Å². The van der Waals surface area contributed by atoms with Crippen molar-refractivity contribution in [1.29, 1.82) is 0 Å². The van der Waals surface area contributed by atoms with Crippen LogP contribution in [0, 0.1) is 13.8 Å². The average molecular weight is 317 g/mol. The van der Waals surface area contributed by atoms with E-state index in [9.17, 15) is 8.42 Å². The molecular formula is C18H23NO2S. The molecule has 3 nitrogen and oxygen atoms in total. The van der Waals surface area contributed by atoms with Crippen LogP contribution in [0.5, 0.6) is 0 Å². The molecule has 0 amide bonds. The molecule has 0 aliphatic carbocycles. The van der Waals surface area contributed by atoms with Crippen molar-refractivity contribution >= 4 is 10.0 Å². The molecular weight excluding hydrogens is 294 g/mol. The molecule has 0 aromatic heterocycles. The maximum Gasteiger partial charge on any atom is 0.243 e. The summed E-state index contributed by atoms with van der Waals surface area (Å²) in [7, 11) is -1.84. The van der Waals surface area contributed by atoms with Gasteiger partial charge in [0.25, 0.3) is 0 Å². The molecule has 0 heterocycles. The van der Waals surface area contributed by atoms with E-state index in [4.69, 9.17) is 0 Å². The first-order chi connectivity index (χ1) is 10.3. The molecule has 0 unspecified atom stereocenters. The highest BCUT2D eigenvalue weighted by molar-refractivity contribution is 7.89. The number of hydrogen-bond acceptors (Lipinski definition) is 2. The molecule has 0 radical (unpaired) electrons. The third kappa shape index (κ3) is 3.57. The Morgan fingerprint density at radius 1 is 0.955 bits per heavy atom. The lowest BCUT2D eigenvalue weighted by Gasteiger charge is -2.19. The van der Waals surface area contributed by atoms with Gasteiger partial charge in [-0.15, -0.1) is 0 Å². The summed E-state index contributed by atoms with van der Waals surface area (Å²) in [5.41, 5.74) is 3.97. The van der Waals surface area contributed by atoms with Gasteiger partial charge in [0.1, 0.15) is 0 Å². The summed E-state index contributed by atoms with van der Waals surface area (Å²) < 4.78 is 26.9. The van der Waals surface area contributed by atoms with E-state index in [1.807, 2.05) is 50.2 Å². The van der Waals surface area contributed by atoms with E-state index in [-0.39, 0.29) is 0 Å².